The molecule has 17 heavy (non-hydrogen) atoms. The van der Waals surface area contributed by atoms with Crippen LogP contribution in [0.5, 0.6) is 0 Å². The van der Waals surface area contributed by atoms with E-state index in [2.05, 4.69) is 17.9 Å². The number of nitrogens with zero attached hydrogens (tertiary/aromatic N) is 1. The highest BCUT2D eigenvalue weighted by Gasteiger charge is 2.30. The van der Waals surface area contributed by atoms with Crippen LogP contribution >= 0.6 is 0 Å². The van der Waals surface area contributed by atoms with Crippen molar-refractivity contribution in [3.05, 3.63) is 23.2 Å². The van der Waals surface area contributed by atoms with E-state index in [1.165, 1.54) is 37.3 Å². The van der Waals surface area contributed by atoms with Gasteiger partial charge in [0.25, 0.3) is 0 Å². The summed E-state index contributed by atoms with van der Waals surface area (Å²) in [5, 5.41) is 0. The predicted molar refractivity (Wildman–Crippen MR) is 73.4 cm³/mol. The van der Waals surface area contributed by atoms with E-state index in [0.29, 0.717) is 5.92 Å². The van der Waals surface area contributed by atoms with E-state index in [1.807, 2.05) is 27.7 Å². The average Bonchev–Trinajstić information content (AvgIpc) is 2.60. The molecule has 3 aliphatic heterocycles. The Bertz CT molecular complexity index is 322. The fourth-order valence-electron chi connectivity index (χ4n) is 2.65. The SMILES string of the molecule is CC.CC.Cc1cc2c(o1)C1CCN(CC1)C2. The molecule has 2 nitrogen and oxygen atoms in total. The van der Waals surface area contributed by atoms with Gasteiger partial charge in [0, 0.05) is 18.0 Å². The van der Waals surface area contributed by atoms with Gasteiger partial charge in [-0.2, -0.15) is 0 Å². The Hall–Kier alpha value is -0.760. The topological polar surface area (TPSA) is 16.4 Å². The van der Waals surface area contributed by atoms with E-state index in [-0.39, 0.29) is 0 Å². The smallest absolute Gasteiger partial charge is 0.111 e. The fourth-order valence-corrected chi connectivity index (χ4v) is 2.65. The highest BCUT2D eigenvalue weighted by molar-refractivity contribution is 5.26. The molecule has 0 N–H and O–H groups in total. The van der Waals surface area contributed by atoms with Crippen LogP contribution in [0.25, 0.3) is 0 Å². The van der Waals surface area contributed by atoms with Gasteiger partial charge in [0.2, 0.25) is 0 Å². The second-order valence-electron chi connectivity index (χ2n) is 4.30. The number of furan rings is 1. The molecule has 1 fully saturated rings. The molecule has 4 rings (SSSR count). The summed E-state index contributed by atoms with van der Waals surface area (Å²) in [6.07, 6.45) is 2.58. The van der Waals surface area contributed by atoms with Gasteiger partial charge in [-0.25, -0.2) is 0 Å². The minimum Gasteiger partial charge on any atom is -0.466 e. The molecule has 98 valence electrons. The molecule has 2 heteroatoms. The van der Waals surface area contributed by atoms with Gasteiger partial charge in [0.15, 0.2) is 0 Å². The number of hydrogen-bond donors (Lipinski definition) is 0. The van der Waals surface area contributed by atoms with Crippen molar-refractivity contribution in [2.75, 3.05) is 13.1 Å². The third kappa shape index (κ3) is 3.12. The highest BCUT2D eigenvalue weighted by atomic mass is 16.3. The maximum Gasteiger partial charge on any atom is 0.111 e. The van der Waals surface area contributed by atoms with E-state index in [1.54, 1.807) is 0 Å². The zero-order valence-electron chi connectivity index (χ0n) is 12.0. The number of hydrogen-bond acceptors (Lipinski definition) is 2. The molecule has 1 aromatic rings. The van der Waals surface area contributed by atoms with Crippen LogP contribution in [-0.2, 0) is 6.54 Å². The summed E-state index contributed by atoms with van der Waals surface area (Å²) in [5.41, 5.74) is 1.44. The van der Waals surface area contributed by atoms with Crippen molar-refractivity contribution in [2.24, 2.45) is 0 Å². The molecule has 0 unspecified atom stereocenters. The summed E-state index contributed by atoms with van der Waals surface area (Å²) in [6.45, 7) is 13.7. The monoisotopic (exact) mass is 237 g/mol. The van der Waals surface area contributed by atoms with Crippen molar-refractivity contribution in [3.8, 4) is 0 Å². The molecule has 0 saturated carbocycles. The predicted octanol–water partition coefficient (Wildman–Crippen LogP) is 4.33. The van der Waals surface area contributed by atoms with Crippen molar-refractivity contribution in [3.63, 3.8) is 0 Å². The molecule has 3 aliphatic rings. The second kappa shape index (κ2) is 6.85. The van der Waals surface area contributed by atoms with E-state index < -0.39 is 0 Å². The Balaban J connectivity index is 0.000000330. The number of fused-ring (bicyclic) bond motifs is 2. The van der Waals surface area contributed by atoms with Crippen LogP contribution in [0, 0.1) is 6.92 Å². The first-order valence-electron chi connectivity index (χ1n) is 7.14. The van der Waals surface area contributed by atoms with Crippen molar-refractivity contribution >= 4 is 0 Å². The number of aryl methyl sites for hydroxylation is 1. The molecule has 0 spiro atoms. The van der Waals surface area contributed by atoms with Crippen LogP contribution in [0.1, 0.15) is 63.5 Å². The molecule has 0 amide bonds. The van der Waals surface area contributed by atoms with E-state index in [9.17, 15) is 0 Å². The summed E-state index contributed by atoms with van der Waals surface area (Å²) in [7, 11) is 0. The van der Waals surface area contributed by atoms with Gasteiger partial charge in [-0.05, 0) is 38.9 Å². The Kier molecular flexibility index (Phi) is 5.76. The Morgan fingerprint density at radius 3 is 2.29 bits per heavy atom. The lowest BCUT2D eigenvalue weighted by molar-refractivity contribution is 0.214. The standard InChI is InChI=1S/C11H15NO.2C2H6/c1-8-6-10-7-12-4-2-9(3-5-12)11(10)13-8;2*1-2/h6,9H,2-5,7H2,1H3;2*1-2H3. The summed E-state index contributed by atoms with van der Waals surface area (Å²) < 4.78 is 5.79. The average molecular weight is 237 g/mol. The first kappa shape index (κ1) is 14.3. The van der Waals surface area contributed by atoms with Crippen LogP contribution in [0.2, 0.25) is 0 Å². The van der Waals surface area contributed by atoms with E-state index >= 15 is 0 Å². The van der Waals surface area contributed by atoms with Crippen LogP contribution in [0.4, 0.5) is 0 Å². The Morgan fingerprint density at radius 1 is 1.12 bits per heavy atom. The van der Waals surface area contributed by atoms with Gasteiger partial charge in [-0.15, -0.1) is 0 Å². The summed E-state index contributed by atoms with van der Waals surface area (Å²) >= 11 is 0. The lowest BCUT2D eigenvalue weighted by Gasteiger charge is -2.26. The molecule has 0 aliphatic carbocycles. The van der Waals surface area contributed by atoms with Crippen molar-refractivity contribution < 1.29 is 4.42 Å². The normalized spacial score (nSPS) is 24.8. The summed E-state index contributed by atoms with van der Waals surface area (Å²) in [4.78, 5) is 2.54. The van der Waals surface area contributed by atoms with Gasteiger partial charge >= 0.3 is 0 Å². The minimum atomic E-state index is 0.711. The molecule has 0 atom stereocenters. The van der Waals surface area contributed by atoms with E-state index in [4.69, 9.17) is 4.42 Å². The lowest BCUT2D eigenvalue weighted by Crippen LogP contribution is -2.28. The molecule has 1 aromatic heterocycles. The molecule has 1 saturated heterocycles. The molecule has 4 heterocycles. The van der Waals surface area contributed by atoms with Crippen molar-refractivity contribution in [1.29, 1.82) is 0 Å². The van der Waals surface area contributed by atoms with E-state index in [0.717, 1.165) is 12.3 Å². The zero-order chi connectivity index (χ0) is 12.8. The van der Waals surface area contributed by atoms with Gasteiger partial charge in [0.1, 0.15) is 11.5 Å². The third-order valence-electron chi connectivity index (χ3n) is 3.32. The maximum atomic E-state index is 5.79. The van der Waals surface area contributed by atoms with Crippen LogP contribution in [-0.4, -0.2) is 18.0 Å². The largest absolute Gasteiger partial charge is 0.466 e. The van der Waals surface area contributed by atoms with Crippen LogP contribution < -0.4 is 0 Å². The van der Waals surface area contributed by atoms with Crippen molar-refractivity contribution in [2.45, 2.75) is 59.9 Å². The minimum absolute atomic E-state index is 0.711. The van der Waals surface area contributed by atoms with Gasteiger partial charge < -0.3 is 4.42 Å². The second-order valence-corrected chi connectivity index (χ2v) is 4.30. The van der Waals surface area contributed by atoms with Gasteiger partial charge in [0.05, 0.1) is 0 Å². The lowest BCUT2D eigenvalue weighted by atomic mass is 9.95. The Labute approximate surface area is 106 Å². The van der Waals surface area contributed by atoms with Gasteiger partial charge in [-0.3, -0.25) is 4.90 Å². The number of piperidine rings is 1. The maximum absolute atomic E-state index is 5.79. The van der Waals surface area contributed by atoms with Crippen LogP contribution in [0.3, 0.4) is 0 Å². The molecular formula is C15H27NO. The van der Waals surface area contributed by atoms with Crippen LogP contribution in [0.15, 0.2) is 10.5 Å². The quantitative estimate of drug-likeness (QED) is 0.667. The Morgan fingerprint density at radius 2 is 1.71 bits per heavy atom. The van der Waals surface area contributed by atoms with Crippen molar-refractivity contribution in [1.82, 2.24) is 4.90 Å². The first-order chi connectivity index (χ1) is 8.33. The number of rotatable bonds is 0. The highest BCUT2D eigenvalue weighted by Crippen LogP contribution is 2.36. The third-order valence-corrected chi connectivity index (χ3v) is 3.32. The summed E-state index contributed by atoms with van der Waals surface area (Å²) in [5.74, 6) is 3.08. The molecular weight excluding hydrogens is 210 g/mol. The fraction of sp³-hybridized carbons (Fsp3) is 0.733. The molecule has 0 aromatic carbocycles. The summed E-state index contributed by atoms with van der Waals surface area (Å²) in [6, 6.07) is 2.21. The molecule has 2 bridgehead atoms. The zero-order valence-corrected chi connectivity index (χ0v) is 12.0. The van der Waals surface area contributed by atoms with Gasteiger partial charge in [-0.1, -0.05) is 27.7 Å². The molecule has 0 radical (unpaired) electrons. The first-order valence-corrected chi connectivity index (χ1v) is 7.14.